The third-order valence-corrected chi connectivity index (χ3v) is 2.12. The van der Waals surface area contributed by atoms with Crippen LogP contribution in [0.2, 0.25) is 5.82 Å². The molecule has 1 aliphatic rings. The van der Waals surface area contributed by atoms with Gasteiger partial charge in [-0.05, 0) is 6.92 Å². The molecular formula is C10H19BOY-. The van der Waals surface area contributed by atoms with Gasteiger partial charge in [0.1, 0.15) is 0 Å². The summed E-state index contributed by atoms with van der Waals surface area (Å²) in [5, 5.41) is 0. The van der Waals surface area contributed by atoms with E-state index in [2.05, 4.69) is 6.92 Å². The van der Waals surface area contributed by atoms with Crippen molar-refractivity contribution in [3.63, 3.8) is 0 Å². The molecule has 1 saturated carbocycles. The van der Waals surface area contributed by atoms with E-state index in [0.717, 1.165) is 0 Å². The average Bonchev–Trinajstić information content (AvgIpc) is 2.08. The van der Waals surface area contributed by atoms with Crippen LogP contribution in [0.1, 0.15) is 46.0 Å². The molecule has 0 saturated heterocycles. The predicted molar refractivity (Wildman–Crippen MR) is 54.3 cm³/mol. The maximum Gasteiger partial charge on any atom is 0.205 e. The summed E-state index contributed by atoms with van der Waals surface area (Å²) in [4.78, 5) is 10.7. The second-order valence-electron chi connectivity index (χ2n) is 3.18. The normalized spacial score (nSPS) is 16.2. The number of carbonyl (C=O) groups excluding carboxylic acids is 1. The zero-order valence-electron chi connectivity index (χ0n) is 8.88. The van der Waals surface area contributed by atoms with E-state index in [1.807, 2.05) is 7.28 Å². The van der Waals surface area contributed by atoms with Crippen molar-refractivity contribution in [2.45, 2.75) is 51.8 Å². The summed E-state index contributed by atoms with van der Waals surface area (Å²) in [6.45, 7) is 6.65. The van der Waals surface area contributed by atoms with Gasteiger partial charge in [-0.15, -0.1) is 0 Å². The van der Waals surface area contributed by atoms with Crippen molar-refractivity contribution in [1.82, 2.24) is 0 Å². The molecule has 0 N–H and O–H groups in total. The van der Waals surface area contributed by atoms with Gasteiger partial charge in [0.25, 0.3) is 0 Å². The molecule has 0 aliphatic heterocycles. The van der Waals surface area contributed by atoms with Crippen molar-refractivity contribution in [1.29, 1.82) is 0 Å². The molecule has 0 heterocycles. The first-order valence-electron chi connectivity index (χ1n) is 4.85. The van der Waals surface area contributed by atoms with Gasteiger partial charge in [-0.2, -0.15) is 6.92 Å². The van der Waals surface area contributed by atoms with E-state index >= 15 is 0 Å². The monoisotopic (exact) mass is 255 g/mol. The quantitative estimate of drug-likeness (QED) is 0.547. The van der Waals surface area contributed by atoms with Gasteiger partial charge in [0.15, 0.2) is 0 Å². The van der Waals surface area contributed by atoms with Crippen LogP contribution in [0.4, 0.5) is 0 Å². The Balaban J connectivity index is 0. The van der Waals surface area contributed by atoms with E-state index in [4.69, 9.17) is 0 Å². The van der Waals surface area contributed by atoms with E-state index in [1.54, 1.807) is 13.8 Å². The van der Waals surface area contributed by atoms with Crippen LogP contribution in [-0.4, -0.2) is 13.0 Å². The molecule has 0 amide bonds. The second kappa shape index (κ2) is 10.9. The van der Waals surface area contributed by atoms with Crippen LogP contribution in [0.25, 0.3) is 0 Å². The van der Waals surface area contributed by atoms with Crippen molar-refractivity contribution in [3.8, 4) is 0 Å². The Labute approximate surface area is 109 Å². The number of hydrogen-bond donors (Lipinski definition) is 0. The summed E-state index contributed by atoms with van der Waals surface area (Å²) in [7, 11) is 1.89. The molecule has 1 fully saturated rings. The average molecular weight is 255 g/mol. The molecule has 13 heavy (non-hydrogen) atoms. The van der Waals surface area contributed by atoms with Gasteiger partial charge in [0.2, 0.25) is 7.28 Å². The maximum atomic E-state index is 10.7. The molecule has 3 heteroatoms. The molecule has 72 valence electrons. The summed E-state index contributed by atoms with van der Waals surface area (Å²) in [6, 6.07) is 0. The van der Waals surface area contributed by atoms with Gasteiger partial charge >= 0.3 is 0 Å². The Kier molecular flexibility index (Phi) is 13.7. The zero-order valence-corrected chi connectivity index (χ0v) is 11.7. The molecule has 0 aromatic carbocycles. The van der Waals surface area contributed by atoms with Crippen molar-refractivity contribution < 1.29 is 37.5 Å². The Morgan fingerprint density at radius 2 is 1.69 bits per heavy atom. The van der Waals surface area contributed by atoms with Gasteiger partial charge in [0.05, 0.1) is 5.68 Å². The minimum absolute atomic E-state index is 0. The largest absolute Gasteiger partial charge is 0.346 e. The number of hydrogen-bond acceptors (Lipinski definition) is 1. The van der Waals surface area contributed by atoms with Gasteiger partial charge < -0.3 is 11.7 Å². The van der Waals surface area contributed by atoms with Crippen LogP contribution in [0.15, 0.2) is 0 Å². The van der Waals surface area contributed by atoms with E-state index in [1.165, 1.54) is 32.1 Å². The molecule has 0 spiro atoms. The molecule has 1 rings (SSSR count). The van der Waals surface area contributed by atoms with Crippen LogP contribution in [0.3, 0.4) is 0 Å². The fourth-order valence-corrected chi connectivity index (χ4v) is 1.63. The fraction of sp³-hybridized carbons (Fsp3) is 0.800. The van der Waals surface area contributed by atoms with Crippen LogP contribution in [0.5, 0.6) is 0 Å². The number of carbonyl (C=O) groups is 1. The molecule has 0 unspecified atom stereocenters. The zero-order chi connectivity index (χ0) is 9.40. The topological polar surface area (TPSA) is 17.1 Å². The Morgan fingerprint density at radius 1 is 1.23 bits per heavy atom. The maximum absolute atomic E-state index is 10.7. The number of rotatable bonds is 2. The minimum Gasteiger partial charge on any atom is -0.346 e. The fourth-order valence-electron chi connectivity index (χ4n) is 1.63. The first kappa shape index (κ1) is 16.3. The van der Waals surface area contributed by atoms with Crippen LogP contribution >= 0.6 is 0 Å². The predicted octanol–water partition coefficient (Wildman–Crippen LogP) is 2.83. The Bertz CT molecular complexity index is 122. The first-order chi connectivity index (χ1) is 5.79. The van der Waals surface area contributed by atoms with Gasteiger partial charge in [0, 0.05) is 32.7 Å². The molecule has 0 aromatic rings. The van der Waals surface area contributed by atoms with Crippen molar-refractivity contribution in [2.24, 2.45) is 0 Å². The molecule has 0 atom stereocenters. The third kappa shape index (κ3) is 9.15. The summed E-state index contributed by atoms with van der Waals surface area (Å²) < 4.78 is 0. The SMILES string of the molecule is CC(=O)[B]C1CCCCC1.[CH2-]C.[Y]. The molecule has 0 bridgehead atoms. The molecule has 2 radical (unpaired) electrons. The summed E-state index contributed by atoms with van der Waals surface area (Å²) >= 11 is 0. The summed E-state index contributed by atoms with van der Waals surface area (Å²) in [5.41, 5.74) is 0.243. The van der Waals surface area contributed by atoms with E-state index in [9.17, 15) is 4.79 Å². The molecule has 1 nitrogen and oxygen atoms in total. The second-order valence-corrected chi connectivity index (χ2v) is 3.18. The van der Waals surface area contributed by atoms with Crippen molar-refractivity contribution in [2.75, 3.05) is 0 Å². The van der Waals surface area contributed by atoms with Crippen LogP contribution in [0, 0.1) is 6.92 Å². The standard InChI is InChI=1S/C8H14BO.C2H5.Y/c1-7(10)9-8-5-3-2-4-6-8;1-2;/h8H,2-6H2,1H3;1H2,2H3;/q;-1;. The Morgan fingerprint density at radius 3 is 2.08 bits per heavy atom. The third-order valence-electron chi connectivity index (χ3n) is 2.12. The molecule has 1 aliphatic carbocycles. The Hall–Kier alpha value is 0.839. The molecular weight excluding hydrogens is 236 g/mol. The van der Waals surface area contributed by atoms with Gasteiger partial charge in [-0.1, -0.05) is 37.9 Å². The van der Waals surface area contributed by atoms with Crippen LogP contribution in [-0.2, 0) is 37.5 Å². The van der Waals surface area contributed by atoms with Gasteiger partial charge in [-0.3, -0.25) is 0 Å². The molecule has 0 aromatic heterocycles. The minimum atomic E-state index is 0. The first-order valence-corrected chi connectivity index (χ1v) is 4.85. The summed E-state index contributed by atoms with van der Waals surface area (Å²) in [5.74, 6) is 0.603. The van der Waals surface area contributed by atoms with Crippen molar-refractivity contribution >= 4 is 13.0 Å². The van der Waals surface area contributed by atoms with E-state index < -0.39 is 0 Å². The van der Waals surface area contributed by atoms with Crippen LogP contribution < -0.4 is 0 Å². The van der Waals surface area contributed by atoms with Gasteiger partial charge in [-0.25, -0.2) is 0 Å². The van der Waals surface area contributed by atoms with E-state index in [0.29, 0.717) is 5.82 Å². The van der Waals surface area contributed by atoms with E-state index in [-0.39, 0.29) is 38.4 Å². The van der Waals surface area contributed by atoms with Crippen molar-refractivity contribution in [3.05, 3.63) is 6.92 Å². The summed E-state index contributed by atoms with van der Waals surface area (Å²) in [6.07, 6.45) is 6.46. The smallest absolute Gasteiger partial charge is 0.205 e.